The summed E-state index contributed by atoms with van der Waals surface area (Å²) in [5.74, 6) is 0.113. The summed E-state index contributed by atoms with van der Waals surface area (Å²) >= 11 is 0. The Labute approximate surface area is 120 Å². The SMILES string of the molecule is Cc1cc(N2CCN(CC3CC3)CC2)ccc1C(=O)O. The van der Waals surface area contributed by atoms with E-state index in [0.717, 1.165) is 43.3 Å². The van der Waals surface area contributed by atoms with E-state index in [2.05, 4.69) is 9.80 Å². The molecule has 1 aliphatic heterocycles. The molecule has 2 fully saturated rings. The first-order chi connectivity index (χ1) is 9.63. The third kappa shape index (κ3) is 2.96. The van der Waals surface area contributed by atoms with Gasteiger partial charge in [0.1, 0.15) is 0 Å². The number of hydrogen-bond acceptors (Lipinski definition) is 3. The van der Waals surface area contributed by atoms with Crippen molar-refractivity contribution in [2.45, 2.75) is 19.8 Å². The van der Waals surface area contributed by atoms with Crippen LogP contribution in [0.4, 0.5) is 5.69 Å². The predicted molar refractivity (Wildman–Crippen MR) is 79.5 cm³/mol. The standard InChI is InChI=1S/C16H22N2O2/c1-12-10-14(4-5-15(12)16(19)20)18-8-6-17(7-9-18)11-13-2-3-13/h4-5,10,13H,2-3,6-9,11H2,1H3,(H,19,20). The topological polar surface area (TPSA) is 43.8 Å². The number of hydrogen-bond donors (Lipinski definition) is 1. The highest BCUT2D eigenvalue weighted by Crippen LogP contribution is 2.30. The van der Waals surface area contributed by atoms with Crippen LogP contribution in [0.25, 0.3) is 0 Å². The third-order valence-electron chi connectivity index (χ3n) is 4.39. The second-order valence-corrected chi connectivity index (χ2v) is 6.04. The molecule has 0 bridgehead atoms. The van der Waals surface area contributed by atoms with Crippen LogP contribution in [0.15, 0.2) is 18.2 Å². The van der Waals surface area contributed by atoms with Gasteiger partial charge in [0.2, 0.25) is 0 Å². The molecular weight excluding hydrogens is 252 g/mol. The van der Waals surface area contributed by atoms with Gasteiger partial charge in [-0.25, -0.2) is 4.79 Å². The molecule has 0 atom stereocenters. The molecule has 1 N–H and O–H groups in total. The minimum atomic E-state index is -0.844. The van der Waals surface area contributed by atoms with E-state index in [1.807, 2.05) is 19.1 Å². The van der Waals surface area contributed by atoms with Crippen molar-refractivity contribution < 1.29 is 9.90 Å². The summed E-state index contributed by atoms with van der Waals surface area (Å²) in [6, 6.07) is 5.66. The van der Waals surface area contributed by atoms with Gasteiger partial charge in [-0.1, -0.05) is 0 Å². The molecule has 1 saturated carbocycles. The van der Waals surface area contributed by atoms with Gasteiger partial charge >= 0.3 is 5.97 Å². The Bertz CT molecular complexity index is 503. The van der Waals surface area contributed by atoms with Gasteiger partial charge in [-0.2, -0.15) is 0 Å². The first-order valence-electron chi connectivity index (χ1n) is 7.45. The average molecular weight is 274 g/mol. The lowest BCUT2D eigenvalue weighted by Gasteiger charge is -2.36. The van der Waals surface area contributed by atoms with Gasteiger partial charge in [0, 0.05) is 38.4 Å². The molecule has 1 saturated heterocycles. The number of benzene rings is 1. The summed E-state index contributed by atoms with van der Waals surface area (Å²) in [5.41, 5.74) is 2.40. The molecule has 1 aliphatic carbocycles. The van der Waals surface area contributed by atoms with Gasteiger partial charge in [-0.15, -0.1) is 0 Å². The number of anilines is 1. The number of nitrogens with zero attached hydrogens (tertiary/aromatic N) is 2. The number of carbonyl (C=O) groups is 1. The Morgan fingerprint density at radius 2 is 1.95 bits per heavy atom. The lowest BCUT2D eigenvalue weighted by molar-refractivity contribution is 0.0696. The van der Waals surface area contributed by atoms with Crippen LogP contribution in [0.2, 0.25) is 0 Å². The van der Waals surface area contributed by atoms with Crippen molar-refractivity contribution in [2.75, 3.05) is 37.6 Å². The fourth-order valence-electron chi connectivity index (χ4n) is 2.94. The zero-order valence-corrected chi connectivity index (χ0v) is 12.0. The van der Waals surface area contributed by atoms with Crippen molar-refractivity contribution in [1.29, 1.82) is 0 Å². The maximum atomic E-state index is 11.0. The third-order valence-corrected chi connectivity index (χ3v) is 4.39. The van der Waals surface area contributed by atoms with Crippen molar-refractivity contribution >= 4 is 11.7 Å². The van der Waals surface area contributed by atoms with Gasteiger partial charge in [0.25, 0.3) is 0 Å². The van der Waals surface area contributed by atoms with Crippen molar-refractivity contribution in [2.24, 2.45) is 5.92 Å². The maximum absolute atomic E-state index is 11.0. The van der Waals surface area contributed by atoms with Crippen LogP contribution in [0.3, 0.4) is 0 Å². The van der Waals surface area contributed by atoms with Crippen molar-refractivity contribution in [3.63, 3.8) is 0 Å². The number of aryl methyl sites for hydroxylation is 1. The van der Waals surface area contributed by atoms with E-state index < -0.39 is 5.97 Å². The van der Waals surface area contributed by atoms with Gasteiger partial charge in [0.05, 0.1) is 5.56 Å². The summed E-state index contributed by atoms with van der Waals surface area (Å²) in [5, 5.41) is 9.07. The average Bonchev–Trinajstić information content (AvgIpc) is 3.23. The van der Waals surface area contributed by atoms with E-state index in [9.17, 15) is 4.79 Å². The molecule has 2 aliphatic rings. The number of carboxylic acid groups (broad SMARTS) is 1. The maximum Gasteiger partial charge on any atom is 0.335 e. The number of carboxylic acids is 1. The number of rotatable bonds is 4. The molecule has 0 radical (unpaired) electrons. The summed E-state index contributed by atoms with van der Waals surface area (Å²) in [6.45, 7) is 7.46. The number of piperazine rings is 1. The van der Waals surface area contributed by atoms with Gasteiger partial charge < -0.3 is 10.0 Å². The number of aromatic carboxylic acids is 1. The molecule has 108 valence electrons. The van der Waals surface area contributed by atoms with Crippen LogP contribution in [0, 0.1) is 12.8 Å². The highest BCUT2D eigenvalue weighted by atomic mass is 16.4. The second kappa shape index (κ2) is 5.44. The largest absolute Gasteiger partial charge is 0.478 e. The Kier molecular flexibility index (Phi) is 3.66. The second-order valence-electron chi connectivity index (χ2n) is 6.04. The molecule has 0 aromatic heterocycles. The van der Waals surface area contributed by atoms with E-state index in [-0.39, 0.29) is 0 Å². The van der Waals surface area contributed by atoms with Crippen LogP contribution in [-0.2, 0) is 0 Å². The summed E-state index contributed by atoms with van der Waals surface area (Å²) in [6.07, 6.45) is 2.83. The fraction of sp³-hybridized carbons (Fsp3) is 0.562. The summed E-state index contributed by atoms with van der Waals surface area (Å²) in [4.78, 5) is 16.0. The highest BCUT2D eigenvalue weighted by molar-refractivity contribution is 5.89. The molecule has 0 spiro atoms. The van der Waals surface area contributed by atoms with Crippen molar-refractivity contribution in [3.05, 3.63) is 29.3 Å². The lowest BCUT2D eigenvalue weighted by Crippen LogP contribution is -2.47. The molecule has 20 heavy (non-hydrogen) atoms. The molecule has 3 rings (SSSR count). The van der Waals surface area contributed by atoms with Crippen molar-refractivity contribution in [1.82, 2.24) is 4.90 Å². The zero-order valence-electron chi connectivity index (χ0n) is 12.0. The van der Waals surface area contributed by atoms with Crippen LogP contribution in [-0.4, -0.2) is 48.7 Å². The first kappa shape index (κ1) is 13.4. The quantitative estimate of drug-likeness (QED) is 0.914. The van der Waals surface area contributed by atoms with Crippen LogP contribution in [0.1, 0.15) is 28.8 Å². The van der Waals surface area contributed by atoms with E-state index in [0.29, 0.717) is 5.56 Å². The van der Waals surface area contributed by atoms with E-state index in [4.69, 9.17) is 5.11 Å². The van der Waals surface area contributed by atoms with Gasteiger partial charge in [0.15, 0.2) is 0 Å². The Morgan fingerprint density at radius 1 is 1.25 bits per heavy atom. The Hall–Kier alpha value is -1.55. The summed E-state index contributed by atoms with van der Waals surface area (Å²) in [7, 11) is 0. The molecule has 1 heterocycles. The highest BCUT2D eigenvalue weighted by Gasteiger charge is 2.26. The molecule has 4 nitrogen and oxygen atoms in total. The molecule has 0 unspecified atom stereocenters. The van der Waals surface area contributed by atoms with E-state index >= 15 is 0 Å². The van der Waals surface area contributed by atoms with Gasteiger partial charge in [-0.05, 0) is 49.4 Å². The normalized spacial score (nSPS) is 20.1. The fourth-order valence-corrected chi connectivity index (χ4v) is 2.94. The van der Waals surface area contributed by atoms with E-state index in [1.165, 1.54) is 19.4 Å². The first-order valence-corrected chi connectivity index (χ1v) is 7.45. The Balaban J connectivity index is 1.62. The minimum Gasteiger partial charge on any atom is -0.478 e. The zero-order chi connectivity index (χ0) is 14.1. The molecule has 0 amide bonds. The summed E-state index contributed by atoms with van der Waals surface area (Å²) < 4.78 is 0. The van der Waals surface area contributed by atoms with Gasteiger partial charge in [-0.3, -0.25) is 4.90 Å². The molecule has 1 aromatic carbocycles. The molecular formula is C16H22N2O2. The lowest BCUT2D eigenvalue weighted by atomic mass is 10.1. The Morgan fingerprint density at radius 3 is 2.50 bits per heavy atom. The van der Waals surface area contributed by atoms with Crippen LogP contribution < -0.4 is 4.90 Å². The monoisotopic (exact) mass is 274 g/mol. The van der Waals surface area contributed by atoms with Crippen LogP contribution >= 0.6 is 0 Å². The van der Waals surface area contributed by atoms with E-state index in [1.54, 1.807) is 6.07 Å². The van der Waals surface area contributed by atoms with Crippen LogP contribution in [0.5, 0.6) is 0 Å². The predicted octanol–water partition coefficient (Wildman–Crippen LogP) is 2.23. The minimum absolute atomic E-state index is 0.404. The van der Waals surface area contributed by atoms with Crippen molar-refractivity contribution in [3.8, 4) is 0 Å². The molecule has 1 aromatic rings. The smallest absolute Gasteiger partial charge is 0.335 e. The molecule has 4 heteroatoms.